The second-order valence-corrected chi connectivity index (χ2v) is 15.2. The Kier molecular flexibility index (Phi) is 9.88. The van der Waals surface area contributed by atoms with Gasteiger partial charge in [0.05, 0.1) is 42.3 Å². The molecule has 6 rings (SSSR count). The van der Waals surface area contributed by atoms with Crippen molar-refractivity contribution < 1.29 is 27.4 Å². The highest BCUT2D eigenvalue weighted by Crippen LogP contribution is 2.33. The summed E-state index contributed by atoms with van der Waals surface area (Å²) in [5, 5.41) is 4.13. The Morgan fingerprint density at radius 1 is 1.00 bits per heavy atom. The Hall–Kier alpha value is -4.24. The number of hydrogen-bond donors (Lipinski definition) is 2. The Morgan fingerprint density at radius 2 is 1.73 bits per heavy atom. The minimum atomic E-state index is -3.47. The van der Waals surface area contributed by atoms with Gasteiger partial charge in [-0.25, -0.2) is 23.2 Å². The summed E-state index contributed by atoms with van der Waals surface area (Å²) in [6.07, 6.45) is 12.0. The normalized spacial score (nSPS) is 20.6. The van der Waals surface area contributed by atoms with Crippen molar-refractivity contribution in [3.63, 3.8) is 0 Å². The van der Waals surface area contributed by atoms with E-state index < -0.39 is 15.6 Å². The maximum atomic E-state index is 12.4. The van der Waals surface area contributed by atoms with Crippen molar-refractivity contribution >= 4 is 50.0 Å². The van der Waals surface area contributed by atoms with Crippen LogP contribution in [-0.4, -0.2) is 103 Å². The van der Waals surface area contributed by atoms with Crippen molar-refractivity contribution in [1.29, 1.82) is 0 Å². The number of carbonyl (C=O) groups is 1. The zero-order valence-corrected chi connectivity index (χ0v) is 28.8. The third-order valence-corrected chi connectivity index (χ3v) is 9.04. The number of hydrogen-bond acceptors (Lipinski definition) is 12. The van der Waals surface area contributed by atoms with Crippen LogP contribution < -0.4 is 19.7 Å². The molecule has 14 nitrogen and oxygen atoms in total. The molecule has 2 N–H and O–H groups in total. The summed E-state index contributed by atoms with van der Waals surface area (Å²) in [6.45, 7) is 9.36. The first-order chi connectivity index (χ1) is 22.9. The largest absolute Gasteiger partial charge is 0.474 e. The molecule has 2 aliphatic heterocycles. The smallest absolute Gasteiger partial charge is 0.410 e. The number of nitrogens with one attached hydrogen (secondary N) is 2. The number of carbonyl (C=O) groups excluding carboxylic acids is 1. The van der Waals surface area contributed by atoms with Crippen molar-refractivity contribution in [2.24, 2.45) is 0 Å². The van der Waals surface area contributed by atoms with Gasteiger partial charge in [0, 0.05) is 56.2 Å². The zero-order valence-electron chi connectivity index (χ0n) is 27.9. The van der Waals surface area contributed by atoms with E-state index >= 15 is 0 Å². The lowest BCUT2D eigenvalue weighted by Gasteiger charge is -2.31. The van der Waals surface area contributed by atoms with Crippen LogP contribution in [0, 0.1) is 0 Å². The summed E-state index contributed by atoms with van der Waals surface area (Å²) >= 11 is 0. The summed E-state index contributed by atoms with van der Waals surface area (Å²) in [5.41, 5.74) is 2.59. The molecule has 1 aliphatic carbocycles. The molecule has 2 fully saturated rings. The number of pyridine rings is 2. The lowest BCUT2D eigenvalue weighted by Crippen LogP contribution is -2.39. The summed E-state index contributed by atoms with van der Waals surface area (Å²) in [7, 11) is -3.47. The maximum absolute atomic E-state index is 12.4. The first kappa shape index (κ1) is 33.7. The molecular formula is C33H44N8O6S. The molecule has 3 aromatic heterocycles. The lowest BCUT2D eigenvalue weighted by molar-refractivity contribution is 0.0270. The molecular weight excluding hydrogens is 636 g/mol. The van der Waals surface area contributed by atoms with Crippen LogP contribution in [0.2, 0.25) is 0 Å². The molecule has 0 atom stereocenters. The predicted octanol–water partition coefficient (Wildman–Crippen LogP) is 4.45. The molecule has 0 unspecified atom stereocenters. The highest BCUT2D eigenvalue weighted by molar-refractivity contribution is 7.92. The number of morpholine rings is 1. The molecule has 1 saturated carbocycles. The van der Waals surface area contributed by atoms with Gasteiger partial charge in [0.2, 0.25) is 21.9 Å². The Balaban J connectivity index is 1.07. The fourth-order valence-corrected chi connectivity index (χ4v) is 6.59. The molecule has 15 heteroatoms. The number of anilines is 3. The predicted molar refractivity (Wildman–Crippen MR) is 184 cm³/mol. The van der Waals surface area contributed by atoms with Gasteiger partial charge in [0.15, 0.2) is 0 Å². The quantitative estimate of drug-likeness (QED) is 0.344. The fourth-order valence-electron chi connectivity index (χ4n) is 6.05. The van der Waals surface area contributed by atoms with E-state index in [1.54, 1.807) is 11.0 Å². The average molecular weight is 681 g/mol. The minimum Gasteiger partial charge on any atom is -0.474 e. The van der Waals surface area contributed by atoms with Crippen molar-refractivity contribution in [3.8, 4) is 5.88 Å². The maximum Gasteiger partial charge on any atom is 0.410 e. The molecule has 258 valence electrons. The Labute approximate surface area is 281 Å². The van der Waals surface area contributed by atoms with Crippen LogP contribution >= 0.6 is 0 Å². The minimum absolute atomic E-state index is 0.0630. The highest BCUT2D eigenvalue weighted by atomic mass is 32.2. The van der Waals surface area contributed by atoms with E-state index in [0.29, 0.717) is 61.1 Å². The van der Waals surface area contributed by atoms with Gasteiger partial charge in [-0.2, -0.15) is 4.98 Å². The molecule has 1 amide bonds. The third-order valence-electron chi connectivity index (χ3n) is 8.44. The van der Waals surface area contributed by atoms with Crippen molar-refractivity contribution in [1.82, 2.24) is 24.8 Å². The van der Waals surface area contributed by atoms with Gasteiger partial charge >= 0.3 is 6.09 Å². The average Bonchev–Trinajstić information content (AvgIpc) is 3.05. The topological polar surface area (TPSA) is 161 Å². The molecule has 0 radical (unpaired) electrons. The molecule has 5 heterocycles. The molecule has 48 heavy (non-hydrogen) atoms. The van der Waals surface area contributed by atoms with E-state index in [1.807, 2.05) is 45.3 Å². The van der Waals surface area contributed by atoms with E-state index in [0.717, 1.165) is 62.0 Å². The monoisotopic (exact) mass is 680 g/mol. The van der Waals surface area contributed by atoms with E-state index in [9.17, 15) is 13.2 Å². The van der Waals surface area contributed by atoms with Crippen LogP contribution in [-0.2, 0) is 19.5 Å². The molecule has 0 aromatic carbocycles. The zero-order chi connectivity index (χ0) is 33.9. The molecule has 1 saturated heterocycles. The Morgan fingerprint density at radius 3 is 2.38 bits per heavy atom. The van der Waals surface area contributed by atoms with Crippen molar-refractivity contribution in [2.75, 3.05) is 60.6 Å². The van der Waals surface area contributed by atoms with Crippen LogP contribution in [0.25, 0.3) is 16.5 Å². The van der Waals surface area contributed by atoms with Gasteiger partial charge in [-0.1, -0.05) is 6.08 Å². The third kappa shape index (κ3) is 8.81. The summed E-state index contributed by atoms with van der Waals surface area (Å²) in [4.78, 5) is 34.8. The van der Waals surface area contributed by atoms with E-state index in [1.165, 1.54) is 6.20 Å². The van der Waals surface area contributed by atoms with Crippen LogP contribution in [0.1, 0.15) is 58.4 Å². The Bertz CT molecular complexity index is 1750. The SMILES string of the molecule is CC(C)(C)OC(=O)N1CC=C(c2cnc(N[C@H]3CC[C@@H](Oc4nc(N5CCOCC5)cc5ncc(NS(C)(=O)=O)cc45)CC3)nc2)CC1. The number of nitrogens with zero attached hydrogens (tertiary/aromatic N) is 6. The summed E-state index contributed by atoms with van der Waals surface area (Å²) < 4.78 is 43.8. The lowest BCUT2D eigenvalue weighted by atomic mass is 9.93. The number of ether oxygens (including phenoxy) is 3. The fraction of sp³-hybridized carbons (Fsp3) is 0.545. The second kappa shape index (κ2) is 14.1. The molecule has 0 bridgehead atoms. The molecule has 3 aromatic rings. The number of amides is 1. The van der Waals surface area contributed by atoms with Gasteiger partial charge in [-0.15, -0.1) is 0 Å². The summed E-state index contributed by atoms with van der Waals surface area (Å²) in [6, 6.07) is 3.83. The molecule has 0 spiro atoms. The number of aromatic nitrogens is 4. The van der Waals surface area contributed by atoms with Crippen molar-refractivity contribution in [2.45, 2.75) is 70.6 Å². The van der Waals surface area contributed by atoms with E-state index in [4.69, 9.17) is 19.2 Å². The van der Waals surface area contributed by atoms with Gasteiger partial charge in [-0.05, 0) is 64.5 Å². The first-order valence-electron chi connectivity index (χ1n) is 16.4. The van der Waals surface area contributed by atoms with E-state index in [-0.39, 0.29) is 18.2 Å². The van der Waals surface area contributed by atoms with Gasteiger partial charge in [-0.3, -0.25) is 9.71 Å². The van der Waals surface area contributed by atoms with Crippen molar-refractivity contribution in [3.05, 3.63) is 42.4 Å². The van der Waals surface area contributed by atoms with Crippen LogP contribution in [0.5, 0.6) is 5.88 Å². The summed E-state index contributed by atoms with van der Waals surface area (Å²) in [5.74, 6) is 1.79. The first-order valence-corrected chi connectivity index (χ1v) is 18.3. The van der Waals surface area contributed by atoms with Gasteiger partial charge in [0.1, 0.15) is 17.5 Å². The van der Waals surface area contributed by atoms with Gasteiger partial charge < -0.3 is 29.3 Å². The highest BCUT2D eigenvalue weighted by Gasteiger charge is 2.27. The second-order valence-electron chi connectivity index (χ2n) is 13.5. The number of rotatable bonds is 8. The van der Waals surface area contributed by atoms with Crippen LogP contribution in [0.15, 0.2) is 36.8 Å². The van der Waals surface area contributed by atoms with Crippen LogP contribution in [0.3, 0.4) is 0 Å². The number of fused-ring (bicyclic) bond motifs is 1. The van der Waals surface area contributed by atoms with Crippen LogP contribution in [0.4, 0.5) is 22.2 Å². The van der Waals surface area contributed by atoms with E-state index in [2.05, 4.69) is 29.9 Å². The van der Waals surface area contributed by atoms with Gasteiger partial charge in [0.25, 0.3) is 0 Å². The number of sulfonamides is 1. The molecule has 3 aliphatic rings. The standard InChI is InChI=1S/C33H44N8O6S/c1-33(2,3)47-32(42)41-11-9-22(10-12-41)23-19-35-31(36-20-23)37-24-5-7-26(8-6-24)46-30-27-17-25(39-48(4,43)44)21-34-28(27)18-29(38-30)40-13-15-45-16-14-40/h9,17-21,24,26,39H,5-8,10-16H2,1-4H3,(H,35,36,37)/t24-,26+.